The third kappa shape index (κ3) is 2.27. The minimum absolute atomic E-state index is 0.329. The minimum atomic E-state index is 0.329. The van der Waals surface area contributed by atoms with Crippen LogP contribution in [0.1, 0.15) is 23.7 Å². The Hall–Kier alpha value is -2.99. The standard InChI is InChI=1S/C14H14N6/c1-3-20-14(13(17)9(2)19-20)18-12-5-4-10(7-15)11(6-12)8-16/h4-6,18H,3,17H2,1-2H3. The Morgan fingerprint density at radius 1 is 1.30 bits per heavy atom. The molecular weight excluding hydrogens is 252 g/mol. The highest BCUT2D eigenvalue weighted by atomic mass is 15.3. The molecule has 0 bridgehead atoms. The van der Waals surface area contributed by atoms with Crippen molar-refractivity contribution in [2.24, 2.45) is 0 Å². The maximum absolute atomic E-state index is 9.03. The topological polar surface area (TPSA) is 103 Å². The van der Waals surface area contributed by atoms with Crippen molar-refractivity contribution in [3.8, 4) is 12.1 Å². The number of hydrogen-bond donors (Lipinski definition) is 2. The number of anilines is 3. The summed E-state index contributed by atoms with van der Waals surface area (Å²) < 4.78 is 1.76. The predicted octanol–water partition coefficient (Wildman–Crippen LogP) is 2.28. The highest BCUT2D eigenvalue weighted by molar-refractivity contribution is 5.72. The van der Waals surface area contributed by atoms with Crippen LogP contribution >= 0.6 is 0 Å². The van der Waals surface area contributed by atoms with Crippen molar-refractivity contribution in [1.82, 2.24) is 9.78 Å². The van der Waals surface area contributed by atoms with Crippen LogP contribution in [0.2, 0.25) is 0 Å². The van der Waals surface area contributed by atoms with Gasteiger partial charge in [-0.3, -0.25) is 0 Å². The van der Waals surface area contributed by atoms with E-state index in [4.69, 9.17) is 16.3 Å². The lowest BCUT2D eigenvalue weighted by atomic mass is 10.1. The summed E-state index contributed by atoms with van der Waals surface area (Å²) in [6.07, 6.45) is 0. The van der Waals surface area contributed by atoms with Gasteiger partial charge in [0.1, 0.15) is 12.1 Å². The first kappa shape index (κ1) is 13.4. The van der Waals surface area contributed by atoms with E-state index < -0.39 is 0 Å². The summed E-state index contributed by atoms with van der Waals surface area (Å²) >= 11 is 0. The van der Waals surface area contributed by atoms with E-state index in [1.807, 2.05) is 26.0 Å². The van der Waals surface area contributed by atoms with Crippen LogP contribution in [0.15, 0.2) is 18.2 Å². The fourth-order valence-corrected chi connectivity index (χ4v) is 1.90. The van der Waals surface area contributed by atoms with Gasteiger partial charge >= 0.3 is 0 Å². The number of aryl methyl sites for hydroxylation is 2. The molecule has 0 unspecified atom stereocenters. The third-order valence-corrected chi connectivity index (χ3v) is 3.00. The zero-order chi connectivity index (χ0) is 14.7. The monoisotopic (exact) mass is 266 g/mol. The summed E-state index contributed by atoms with van der Waals surface area (Å²) in [6, 6.07) is 8.96. The van der Waals surface area contributed by atoms with Crippen LogP contribution in [-0.2, 0) is 6.54 Å². The van der Waals surface area contributed by atoms with E-state index in [9.17, 15) is 0 Å². The molecule has 0 aliphatic rings. The predicted molar refractivity (Wildman–Crippen MR) is 76.2 cm³/mol. The van der Waals surface area contributed by atoms with Crippen molar-refractivity contribution in [1.29, 1.82) is 10.5 Å². The number of nitriles is 2. The summed E-state index contributed by atoms with van der Waals surface area (Å²) in [7, 11) is 0. The number of nitrogen functional groups attached to an aromatic ring is 1. The molecule has 0 spiro atoms. The highest BCUT2D eigenvalue weighted by Gasteiger charge is 2.12. The first-order valence-corrected chi connectivity index (χ1v) is 6.14. The van der Waals surface area contributed by atoms with Crippen molar-refractivity contribution < 1.29 is 0 Å². The molecule has 3 N–H and O–H groups in total. The molecule has 6 heteroatoms. The van der Waals surface area contributed by atoms with Crippen LogP contribution in [0.5, 0.6) is 0 Å². The second kappa shape index (κ2) is 5.33. The smallest absolute Gasteiger partial charge is 0.152 e. The van der Waals surface area contributed by atoms with Gasteiger partial charge in [-0.1, -0.05) is 0 Å². The molecule has 2 rings (SSSR count). The van der Waals surface area contributed by atoms with Gasteiger partial charge < -0.3 is 11.1 Å². The fraction of sp³-hybridized carbons (Fsp3) is 0.214. The minimum Gasteiger partial charge on any atom is -0.394 e. The zero-order valence-corrected chi connectivity index (χ0v) is 11.3. The molecule has 1 aromatic heterocycles. The Kier molecular flexibility index (Phi) is 3.58. The fourth-order valence-electron chi connectivity index (χ4n) is 1.90. The van der Waals surface area contributed by atoms with Crippen molar-refractivity contribution in [3.63, 3.8) is 0 Å². The lowest BCUT2D eigenvalue weighted by Gasteiger charge is -2.10. The van der Waals surface area contributed by atoms with E-state index in [1.165, 1.54) is 0 Å². The maximum Gasteiger partial charge on any atom is 0.152 e. The molecule has 0 atom stereocenters. The van der Waals surface area contributed by atoms with E-state index in [1.54, 1.807) is 22.9 Å². The van der Waals surface area contributed by atoms with Gasteiger partial charge in [-0.15, -0.1) is 0 Å². The zero-order valence-electron chi connectivity index (χ0n) is 11.3. The SMILES string of the molecule is CCn1nc(C)c(N)c1Nc1ccc(C#N)c(C#N)c1. The van der Waals surface area contributed by atoms with Crippen molar-refractivity contribution in [3.05, 3.63) is 35.0 Å². The molecule has 0 aliphatic heterocycles. The molecule has 6 nitrogen and oxygen atoms in total. The Morgan fingerprint density at radius 2 is 2.00 bits per heavy atom. The lowest BCUT2D eigenvalue weighted by molar-refractivity contribution is 0.661. The largest absolute Gasteiger partial charge is 0.394 e. The number of hydrogen-bond acceptors (Lipinski definition) is 5. The van der Waals surface area contributed by atoms with Gasteiger partial charge in [-0.2, -0.15) is 15.6 Å². The molecule has 20 heavy (non-hydrogen) atoms. The molecule has 1 heterocycles. The highest BCUT2D eigenvalue weighted by Crippen LogP contribution is 2.27. The van der Waals surface area contributed by atoms with Crippen LogP contribution < -0.4 is 11.1 Å². The van der Waals surface area contributed by atoms with Crippen LogP contribution in [0.4, 0.5) is 17.2 Å². The number of rotatable bonds is 3. The first-order valence-electron chi connectivity index (χ1n) is 6.14. The van der Waals surface area contributed by atoms with Crippen LogP contribution in [-0.4, -0.2) is 9.78 Å². The van der Waals surface area contributed by atoms with E-state index in [2.05, 4.69) is 10.4 Å². The van der Waals surface area contributed by atoms with E-state index in [0.29, 0.717) is 34.9 Å². The van der Waals surface area contributed by atoms with E-state index >= 15 is 0 Å². The number of nitrogens with zero attached hydrogens (tertiary/aromatic N) is 4. The molecular formula is C14H14N6. The number of nitrogens with one attached hydrogen (secondary N) is 1. The van der Waals surface area contributed by atoms with Crippen LogP contribution in [0.3, 0.4) is 0 Å². The molecule has 0 aliphatic carbocycles. The van der Waals surface area contributed by atoms with Gasteiger partial charge in [0.25, 0.3) is 0 Å². The second-order valence-electron chi connectivity index (χ2n) is 4.27. The Labute approximate surface area is 117 Å². The van der Waals surface area contributed by atoms with E-state index in [0.717, 1.165) is 5.69 Å². The number of aromatic nitrogens is 2. The van der Waals surface area contributed by atoms with Gasteiger partial charge in [0.05, 0.1) is 22.5 Å². The molecule has 2 aromatic rings. The first-order chi connectivity index (χ1) is 9.60. The molecule has 0 radical (unpaired) electrons. The van der Waals surface area contributed by atoms with Crippen LogP contribution in [0, 0.1) is 29.6 Å². The quantitative estimate of drug-likeness (QED) is 0.886. The lowest BCUT2D eigenvalue weighted by Crippen LogP contribution is -2.04. The average Bonchev–Trinajstić information content (AvgIpc) is 2.74. The summed E-state index contributed by atoms with van der Waals surface area (Å²) in [5, 5.41) is 25.4. The van der Waals surface area contributed by atoms with Gasteiger partial charge in [-0.05, 0) is 32.0 Å². The molecule has 0 saturated carbocycles. The van der Waals surface area contributed by atoms with Crippen LogP contribution in [0.25, 0.3) is 0 Å². The number of nitrogens with two attached hydrogens (primary N) is 1. The molecule has 0 amide bonds. The molecule has 0 fully saturated rings. The molecule has 1 aromatic carbocycles. The maximum atomic E-state index is 9.03. The van der Waals surface area contributed by atoms with Crippen molar-refractivity contribution in [2.75, 3.05) is 11.1 Å². The Bertz CT molecular complexity index is 729. The Balaban J connectivity index is 2.41. The summed E-state index contributed by atoms with van der Waals surface area (Å²) in [5.41, 5.74) is 8.70. The summed E-state index contributed by atoms with van der Waals surface area (Å²) in [4.78, 5) is 0. The van der Waals surface area contributed by atoms with Gasteiger partial charge in [-0.25, -0.2) is 4.68 Å². The van der Waals surface area contributed by atoms with Crippen molar-refractivity contribution >= 4 is 17.2 Å². The summed E-state index contributed by atoms with van der Waals surface area (Å²) in [5.74, 6) is 0.693. The number of benzene rings is 1. The second-order valence-corrected chi connectivity index (χ2v) is 4.27. The molecule has 0 saturated heterocycles. The summed E-state index contributed by atoms with van der Waals surface area (Å²) in [6.45, 7) is 4.49. The molecule has 100 valence electrons. The van der Waals surface area contributed by atoms with Gasteiger partial charge in [0.2, 0.25) is 0 Å². The third-order valence-electron chi connectivity index (χ3n) is 3.00. The normalized spacial score (nSPS) is 9.80. The van der Waals surface area contributed by atoms with Gasteiger partial charge in [0.15, 0.2) is 5.82 Å². The van der Waals surface area contributed by atoms with Gasteiger partial charge in [0, 0.05) is 12.2 Å². The average molecular weight is 266 g/mol. The van der Waals surface area contributed by atoms with E-state index in [-0.39, 0.29) is 0 Å². The van der Waals surface area contributed by atoms with Crippen molar-refractivity contribution in [2.45, 2.75) is 20.4 Å². The Morgan fingerprint density at radius 3 is 2.60 bits per heavy atom.